The highest BCUT2D eigenvalue weighted by Gasteiger charge is 2.15. The van der Waals surface area contributed by atoms with Gasteiger partial charge in [-0.05, 0) is 42.1 Å². The van der Waals surface area contributed by atoms with Crippen LogP contribution in [0.5, 0.6) is 0 Å². The van der Waals surface area contributed by atoms with Crippen molar-refractivity contribution < 1.29 is 8.42 Å². The van der Waals surface area contributed by atoms with Gasteiger partial charge in [0.05, 0.1) is 5.69 Å². The number of hydrogen-bond donors (Lipinski definition) is 1. The summed E-state index contributed by atoms with van der Waals surface area (Å²) in [4.78, 5) is 0. The normalized spacial score (nSPS) is 11.4. The van der Waals surface area contributed by atoms with Crippen LogP contribution in [0.25, 0.3) is 0 Å². The Labute approximate surface area is 109 Å². The average Bonchev–Trinajstić information content (AvgIpc) is 2.76. The first-order valence-electron chi connectivity index (χ1n) is 4.81. The molecule has 0 amide bonds. The Bertz CT molecular complexity index is 621. The molecular formula is C11H10ClNO2S2. The van der Waals surface area contributed by atoms with Gasteiger partial charge in [0.25, 0.3) is 10.0 Å². The lowest BCUT2D eigenvalue weighted by molar-refractivity contribution is 0.603. The Kier molecular flexibility index (Phi) is 3.42. The molecule has 0 aliphatic rings. The molecule has 0 aliphatic heterocycles. The lowest BCUT2D eigenvalue weighted by Gasteiger charge is -2.09. The average molecular weight is 288 g/mol. The molecular weight excluding hydrogens is 278 g/mol. The molecule has 1 heterocycles. The fourth-order valence-electron chi connectivity index (χ4n) is 1.35. The van der Waals surface area contributed by atoms with Crippen LogP contribution in [0.1, 0.15) is 5.56 Å². The number of hydrogen-bond acceptors (Lipinski definition) is 3. The predicted octanol–water partition coefficient (Wildman–Crippen LogP) is 3.51. The Morgan fingerprint density at radius 3 is 2.65 bits per heavy atom. The number of rotatable bonds is 3. The zero-order chi connectivity index (χ0) is 12.5. The summed E-state index contributed by atoms with van der Waals surface area (Å²) in [5.74, 6) is 0. The first-order valence-corrected chi connectivity index (χ1v) is 7.55. The molecule has 2 aromatic rings. The van der Waals surface area contributed by atoms with Crippen LogP contribution in [0.2, 0.25) is 5.02 Å². The lowest BCUT2D eigenvalue weighted by atomic mass is 10.2. The van der Waals surface area contributed by atoms with Gasteiger partial charge in [-0.15, -0.1) is 11.3 Å². The molecule has 17 heavy (non-hydrogen) atoms. The van der Waals surface area contributed by atoms with Crippen molar-refractivity contribution >= 4 is 38.6 Å². The summed E-state index contributed by atoms with van der Waals surface area (Å²) in [6.45, 7) is 1.80. The van der Waals surface area contributed by atoms with Gasteiger partial charge in [0.15, 0.2) is 0 Å². The highest BCUT2D eigenvalue weighted by molar-refractivity contribution is 7.94. The third kappa shape index (κ3) is 2.80. The zero-order valence-electron chi connectivity index (χ0n) is 8.98. The molecule has 0 atom stereocenters. The first kappa shape index (κ1) is 12.4. The van der Waals surface area contributed by atoms with E-state index in [2.05, 4.69) is 4.72 Å². The van der Waals surface area contributed by atoms with Crippen molar-refractivity contribution in [2.45, 2.75) is 11.1 Å². The minimum absolute atomic E-state index is 0.298. The second kappa shape index (κ2) is 4.68. The molecule has 2 rings (SSSR count). The van der Waals surface area contributed by atoms with E-state index in [1.54, 1.807) is 42.6 Å². The van der Waals surface area contributed by atoms with Crippen LogP contribution in [-0.2, 0) is 10.0 Å². The summed E-state index contributed by atoms with van der Waals surface area (Å²) < 4.78 is 26.8. The molecule has 0 saturated heterocycles. The molecule has 90 valence electrons. The molecule has 0 aliphatic carbocycles. The molecule has 1 N–H and O–H groups in total. The van der Waals surface area contributed by atoms with Crippen molar-refractivity contribution in [3.8, 4) is 0 Å². The first-order chi connectivity index (χ1) is 7.99. The van der Waals surface area contributed by atoms with E-state index in [4.69, 9.17) is 11.6 Å². The third-order valence-corrected chi connectivity index (χ3v) is 5.19. The Morgan fingerprint density at radius 1 is 1.29 bits per heavy atom. The maximum absolute atomic E-state index is 12.0. The van der Waals surface area contributed by atoms with Gasteiger partial charge in [0.1, 0.15) is 4.21 Å². The van der Waals surface area contributed by atoms with Gasteiger partial charge in [-0.1, -0.05) is 17.7 Å². The molecule has 1 aromatic carbocycles. The molecule has 0 saturated carbocycles. The Hall–Kier alpha value is -1.04. The van der Waals surface area contributed by atoms with Crippen LogP contribution in [0.15, 0.2) is 39.9 Å². The van der Waals surface area contributed by atoms with Crippen molar-refractivity contribution in [2.24, 2.45) is 0 Å². The van der Waals surface area contributed by atoms with Crippen LogP contribution in [0.4, 0.5) is 5.69 Å². The van der Waals surface area contributed by atoms with E-state index in [9.17, 15) is 8.42 Å². The van der Waals surface area contributed by atoms with Gasteiger partial charge in [0.2, 0.25) is 0 Å². The van der Waals surface area contributed by atoms with Crippen molar-refractivity contribution in [2.75, 3.05) is 4.72 Å². The zero-order valence-corrected chi connectivity index (χ0v) is 11.4. The quantitative estimate of drug-likeness (QED) is 0.939. The van der Waals surface area contributed by atoms with Crippen molar-refractivity contribution in [1.29, 1.82) is 0 Å². The summed E-state index contributed by atoms with van der Waals surface area (Å²) in [7, 11) is -3.48. The summed E-state index contributed by atoms with van der Waals surface area (Å²) in [5, 5.41) is 2.31. The minimum atomic E-state index is -3.48. The van der Waals surface area contributed by atoms with E-state index in [0.29, 0.717) is 14.9 Å². The van der Waals surface area contributed by atoms with E-state index >= 15 is 0 Å². The number of sulfonamides is 1. The molecule has 0 spiro atoms. The van der Waals surface area contributed by atoms with E-state index in [-0.39, 0.29) is 0 Å². The number of anilines is 1. The molecule has 0 unspecified atom stereocenters. The molecule has 6 heteroatoms. The molecule has 3 nitrogen and oxygen atoms in total. The van der Waals surface area contributed by atoms with Crippen LogP contribution in [0, 0.1) is 6.92 Å². The third-order valence-electron chi connectivity index (χ3n) is 2.19. The number of thiophene rings is 1. The van der Waals surface area contributed by atoms with Crippen LogP contribution < -0.4 is 4.72 Å². The maximum Gasteiger partial charge on any atom is 0.271 e. The lowest BCUT2D eigenvalue weighted by Crippen LogP contribution is -2.12. The summed E-state index contributed by atoms with van der Waals surface area (Å²) in [6.07, 6.45) is 0. The number of aryl methyl sites for hydroxylation is 1. The highest BCUT2D eigenvalue weighted by Crippen LogP contribution is 2.24. The van der Waals surface area contributed by atoms with Crippen LogP contribution in [0.3, 0.4) is 0 Å². The highest BCUT2D eigenvalue weighted by atomic mass is 35.5. The minimum Gasteiger partial charge on any atom is -0.279 e. The summed E-state index contributed by atoms with van der Waals surface area (Å²) in [6, 6.07) is 8.30. The Morgan fingerprint density at radius 2 is 2.06 bits per heavy atom. The SMILES string of the molecule is Cc1cc(Cl)ccc1NS(=O)(=O)c1cccs1. The van der Waals surface area contributed by atoms with E-state index < -0.39 is 10.0 Å². The second-order valence-electron chi connectivity index (χ2n) is 3.50. The number of nitrogens with one attached hydrogen (secondary N) is 1. The van der Waals surface area contributed by atoms with E-state index in [1.807, 2.05) is 0 Å². The summed E-state index contributed by atoms with van der Waals surface area (Å²) >= 11 is 6.99. The fraction of sp³-hybridized carbons (Fsp3) is 0.0909. The van der Waals surface area contributed by atoms with Crippen LogP contribution in [-0.4, -0.2) is 8.42 Å². The second-order valence-corrected chi connectivity index (χ2v) is 6.79. The molecule has 1 aromatic heterocycles. The van der Waals surface area contributed by atoms with Gasteiger partial charge in [-0.3, -0.25) is 4.72 Å². The number of benzene rings is 1. The monoisotopic (exact) mass is 287 g/mol. The van der Waals surface area contributed by atoms with Crippen molar-refractivity contribution in [3.05, 3.63) is 46.3 Å². The summed E-state index contributed by atoms with van der Waals surface area (Å²) in [5.41, 5.74) is 1.33. The van der Waals surface area contributed by atoms with Crippen LogP contribution >= 0.6 is 22.9 Å². The topological polar surface area (TPSA) is 46.2 Å². The van der Waals surface area contributed by atoms with Crippen molar-refractivity contribution in [1.82, 2.24) is 0 Å². The van der Waals surface area contributed by atoms with Gasteiger partial charge >= 0.3 is 0 Å². The van der Waals surface area contributed by atoms with Crippen molar-refractivity contribution in [3.63, 3.8) is 0 Å². The van der Waals surface area contributed by atoms with E-state index in [1.165, 1.54) is 11.3 Å². The Balaban J connectivity index is 2.33. The molecule has 0 bridgehead atoms. The molecule has 0 fully saturated rings. The molecule has 0 radical (unpaired) electrons. The smallest absolute Gasteiger partial charge is 0.271 e. The maximum atomic E-state index is 12.0. The van der Waals surface area contributed by atoms with Gasteiger partial charge < -0.3 is 0 Å². The number of halogens is 1. The standard InChI is InChI=1S/C11H10ClNO2S2/c1-8-7-9(12)4-5-10(8)13-17(14,15)11-3-2-6-16-11/h2-7,13H,1H3. The van der Waals surface area contributed by atoms with Gasteiger partial charge in [0, 0.05) is 5.02 Å². The van der Waals surface area contributed by atoms with E-state index in [0.717, 1.165) is 5.56 Å². The van der Waals surface area contributed by atoms with Gasteiger partial charge in [-0.25, -0.2) is 8.42 Å². The largest absolute Gasteiger partial charge is 0.279 e. The van der Waals surface area contributed by atoms with Gasteiger partial charge in [-0.2, -0.15) is 0 Å². The fourth-order valence-corrected chi connectivity index (χ4v) is 3.70. The predicted molar refractivity (Wildman–Crippen MR) is 71.3 cm³/mol.